The van der Waals surface area contributed by atoms with Gasteiger partial charge in [0.15, 0.2) is 15.7 Å². The molecule has 0 unspecified atom stereocenters. The molecule has 0 spiro atoms. The van der Waals surface area contributed by atoms with Crippen LogP contribution in [0.1, 0.15) is 44.7 Å². The van der Waals surface area contributed by atoms with Crippen LogP contribution in [0, 0.1) is 5.41 Å². The first-order valence-corrected chi connectivity index (χ1v) is 14.3. The van der Waals surface area contributed by atoms with Gasteiger partial charge in [-0.1, -0.05) is 37.6 Å². The molecule has 2 aromatic carbocycles. The molecule has 1 aromatic heterocycles. The Bertz CT molecular complexity index is 1630. The summed E-state index contributed by atoms with van der Waals surface area (Å²) in [4.78, 5) is 43.3. The van der Waals surface area contributed by atoms with Gasteiger partial charge in [0.25, 0.3) is 0 Å². The third-order valence-electron chi connectivity index (χ3n) is 5.82. The molecule has 3 aromatic rings. The van der Waals surface area contributed by atoms with Gasteiger partial charge in [0, 0.05) is 23.8 Å². The molecule has 0 saturated carbocycles. The van der Waals surface area contributed by atoms with E-state index in [-0.39, 0.29) is 46.3 Å². The van der Waals surface area contributed by atoms with Gasteiger partial charge >= 0.3 is 11.2 Å². The second-order valence-corrected chi connectivity index (χ2v) is 11.6. The van der Waals surface area contributed by atoms with Crippen molar-refractivity contribution in [2.45, 2.75) is 57.6 Å². The van der Waals surface area contributed by atoms with E-state index in [0.29, 0.717) is 18.4 Å². The minimum absolute atomic E-state index is 0.0200. The number of carbonyl (C=O) groups excluding carboxylic acids is 1. The number of nitrogens with zero attached hydrogens (tertiary/aromatic N) is 3. The van der Waals surface area contributed by atoms with Crippen molar-refractivity contribution in [1.82, 2.24) is 19.7 Å². The van der Waals surface area contributed by atoms with Crippen molar-refractivity contribution in [1.29, 1.82) is 5.41 Å². The van der Waals surface area contributed by atoms with E-state index in [1.807, 2.05) is 6.92 Å². The van der Waals surface area contributed by atoms with Gasteiger partial charge in [-0.3, -0.25) is 15.0 Å². The highest BCUT2D eigenvalue weighted by molar-refractivity contribution is 7.91. The third kappa shape index (κ3) is 7.34. The molecule has 14 heteroatoms. The summed E-state index contributed by atoms with van der Waals surface area (Å²) in [5.74, 6) is -1.03. The zero-order valence-corrected chi connectivity index (χ0v) is 23.4. The summed E-state index contributed by atoms with van der Waals surface area (Å²) in [6.07, 6.45) is 1.10. The van der Waals surface area contributed by atoms with Crippen LogP contribution in [0.2, 0.25) is 0 Å². The molecular weight excluding hydrogens is 536 g/mol. The van der Waals surface area contributed by atoms with E-state index in [2.05, 4.69) is 15.6 Å². The maximum absolute atomic E-state index is 13.4. The number of unbranched alkanes of at least 4 members (excludes halogenated alkanes) is 1. The Kier molecular flexibility index (Phi) is 9.47. The quantitative estimate of drug-likeness (QED) is 0.119. The van der Waals surface area contributed by atoms with E-state index >= 15 is 0 Å². The zero-order valence-electron chi connectivity index (χ0n) is 22.6. The molecular formula is C26H34N8O5S. The summed E-state index contributed by atoms with van der Waals surface area (Å²) in [6, 6.07) is 10.3. The third-order valence-corrected chi connectivity index (χ3v) is 7.60. The van der Waals surface area contributed by atoms with Crippen molar-refractivity contribution in [3.8, 4) is 5.69 Å². The van der Waals surface area contributed by atoms with Gasteiger partial charge < -0.3 is 22.1 Å². The number of nitrogens with one attached hydrogen (secondary N) is 3. The maximum Gasteiger partial charge on any atom is 0.369 e. The predicted molar refractivity (Wildman–Crippen MR) is 154 cm³/mol. The molecule has 214 valence electrons. The number of sulfone groups is 1. The number of nitrogens with two attached hydrogens (primary N) is 2. The number of hydrogen-bond donors (Lipinski definition) is 5. The van der Waals surface area contributed by atoms with Crippen LogP contribution in [0.4, 0.5) is 11.5 Å². The number of anilines is 2. The fourth-order valence-electron chi connectivity index (χ4n) is 3.82. The van der Waals surface area contributed by atoms with Crippen LogP contribution >= 0.6 is 0 Å². The average Bonchev–Trinajstić information content (AvgIpc) is 2.88. The lowest BCUT2D eigenvalue weighted by atomic mass is 10.1. The molecule has 13 nitrogen and oxygen atoms in total. The number of rotatable bonds is 12. The molecule has 1 heterocycles. The Balaban J connectivity index is 2.04. The highest BCUT2D eigenvalue weighted by atomic mass is 32.2. The number of amidine groups is 1. The van der Waals surface area contributed by atoms with Gasteiger partial charge in [-0.05, 0) is 44.0 Å². The Morgan fingerprint density at radius 3 is 2.40 bits per heavy atom. The number of aromatic nitrogens is 3. The van der Waals surface area contributed by atoms with Crippen LogP contribution in [0.25, 0.3) is 5.69 Å². The average molecular weight is 571 g/mol. The van der Waals surface area contributed by atoms with Crippen molar-refractivity contribution in [3.63, 3.8) is 0 Å². The number of hydrogen-bond acceptors (Lipinski definition) is 9. The summed E-state index contributed by atoms with van der Waals surface area (Å²) in [6.45, 7) is 4.92. The second-order valence-electron chi connectivity index (χ2n) is 9.54. The lowest BCUT2D eigenvalue weighted by molar-refractivity contribution is -0.122. The number of nitrogen functional groups attached to an aromatic ring is 2. The Labute approximate surface area is 231 Å². The van der Waals surface area contributed by atoms with E-state index in [9.17, 15) is 22.8 Å². The van der Waals surface area contributed by atoms with E-state index in [1.54, 1.807) is 38.1 Å². The lowest BCUT2D eigenvalue weighted by Gasteiger charge is -2.18. The summed E-state index contributed by atoms with van der Waals surface area (Å²) < 4.78 is 27.5. The van der Waals surface area contributed by atoms with Crippen LogP contribution in [-0.2, 0) is 27.7 Å². The van der Waals surface area contributed by atoms with Gasteiger partial charge in [-0.2, -0.15) is 9.67 Å². The monoisotopic (exact) mass is 570 g/mol. The normalized spacial score (nSPS) is 11.4. The second kappa shape index (κ2) is 12.6. The zero-order chi connectivity index (χ0) is 29.6. The molecule has 1 amide bonds. The molecule has 40 heavy (non-hydrogen) atoms. The number of carbonyl (C=O) groups is 1. The van der Waals surface area contributed by atoms with Crippen LogP contribution in [-0.4, -0.2) is 46.3 Å². The van der Waals surface area contributed by atoms with Crippen molar-refractivity contribution in [3.05, 3.63) is 74.4 Å². The first-order valence-electron chi connectivity index (χ1n) is 12.7. The van der Waals surface area contributed by atoms with E-state index in [1.165, 1.54) is 18.2 Å². The smallest absolute Gasteiger partial charge is 0.369 e. The molecule has 0 radical (unpaired) electrons. The fourth-order valence-corrected chi connectivity index (χ4v) is 5.34. The van der Waals surface area contributed by atoms with Crippen molar-refractivity contribution >= 4 is 33.1 Å². The van der Waals surface area contributed by atoms with E-state index < -0.39 is 33.5 Å². The molecule has 0 fully saturated rings. The predicted octanol–water partition coefficient (Wildman–Crippen LogP) is 0.971. The van der Waals surface area contributed by atoms with Crippen molar-refractivity contribution in [2.24, 2.45) is 5.73 Å². The number of benzene rings is 2. The minimum Gasteiger partial charge on any atom is -0.399 e. The van der Waals surface area contributed by atoms with Crippen LogP contribution in [0.3, 0.4) is 0 Å². The summed E-state index contributed by atoms with van der Waals surface area (Å²) in [5, 5.41) is 13.0. The maximum atomic E-state index is 13.4. The molecule has 0 aliphatic heterocycles. The van der Waals surface area contributed by atoms with Crippen LogP contribution in [0.5, 0.6) is 0 Å². The van der Waals surface area contributed by atoms with E-state index in [4.69, 9.17) is 16.9 Å². The Hall–Kier alpha value is -4.46. The largest absolute Gasteiger partial charge is 0.399 e. The van der Waals surface area contributed by atoms with Crippen LogP contribution < -0.4 is 33.3 Å². The van der Waals surface area contributed by atoms with Gasteiger partial charge in [-0.25, -0.2) is 17.9 Å². The highest BCUT2D eigenvalue weighted by Crippen LogP contribution is 2.21. The molecule has 0 aliphatic carbocycles. The Morgan fingerprint density at radius 1 is 1.12 bits per heavy atom. The van der Waals surface area contributed by atoms with Gasteiger partial charge in [0.2, 0.25) is 5.91 Å². The first kappa shape index (κ1) is 30.1. The van der Waals surface area contributed by atoms with Gasteiger partial charge in [-0.15, -0.1) is 0 Å². The van der Waals surface area contributed by atoms with E-state index in [0.717, 1.165) is 14.9 Å². The lowest BCUT2D eigenvalue weighted by Crippen LogP contribution is -2.44. The first-order chi connectivity index (χ1) is 18.8. The molecule has 7 N–H and O–H groups in total. The number of amides is 1. The topological polar surface area (TPSA) is 208 Å². The van der Waals surface area contributed by atoms with Gasteiger partial charge in [0.1, 0.15) is 12.4 Å². The Morgan fingerprint density at radius 2 is 1.80 bits per heavy atom. The molecule has 3 rings (SSSR count). The summed E-state index contributed by atoms with van der Waals surface area (Å²) >= 11 is 0. The minimum atomic E-state index is -3.72. The van der Waals surface area contributed by atoms with Crippen LogP contribution in [0.15, 0.2) is 56.9 Å². The molecule has 0 atom stereocenters. The molecule has 0 bridgehead atoms. The SMILES string of the molecule is CCCCS(=O)(=O)c1cc(N)cc(-n2c(=O)nc(NC(C)C)c(=O)n2CC(=O)NCc2ccc(C(=N)N)cc2)c1. The summed E-state index contributed by atoms with van der Waals surface area (Å²) in [7, 11) is -3.72. The molecule has 0 aliphatic rings. The van der Waals surface area contributed by atoms with Gasteiger partial charge in [0.05, 0.1) is 16.3 Å². The van der Waals surface area contributed by atoms with Crippen molar-refractivity contribution in [2.75, 3.05) is 16.8 Å². The standard InChI is InChI=1S/C26H34N8O5S/c1-4-5-10-40(38,39)21-12-19(27)11-20(13-21)34-26(37)32-24(31-16(2)3)25(36)33(34)15-22(35)30-14-17-6-8-18(9-7-17)23(28)29/h6-9,11-13,16H,4-5,10,14-15,27H2,1-3H3,(H3,28,29)(H,30,35)(H,31,32,37). The van der Waals surface area contributed by atoms with Crippen molar-refractivity contribution < 1.29 is 13.2 Å². The highest BCUT2D eigenvalue weighted by Gasteiger charge is 2.21. The summed E-state index contributed by atoms with van der Waals surface area (Å²) in [5.41, 5.74) is 11.1. The molecule has 0 saturated heterocycles. The fraction of sp³-hybridized carbons (Fsp3) is 0.346.